The van der Waals surface area contributed by atoms with Crippen LogP contribution in [-0.2, 0) is 0 Å². The number of thioether (sulfide) groups is 2. The van der Waals surface area contributed by atoms with Gasteiger partial charge in [0.05, 0.1) is 4.58 Å². The minimum atomic E-state index is 0.614. The topological polar surface area (TPSA) is 0 Å². The van der Waals surface area contributed by atoms with Crippen LogP contribution < -0.4 is 0 Å². The van der Waals surface area contributed by atoms with E-state index in [1.807, 2.05) is 0 Å². The van der Waals surface area contributed by atoms with Crippen molar-refractivity contribution in [3.8, 4) is 0 Å². The molecule has 15 heavy (non-hydrogen) atoms. The lowest BCUT2D eigenvalue weighted by molar-refractivity contribution is -0.00602. The molecule has 4 aliphatic rings. The Balaban J connectivity index is 1.78. The summed E-state index contributed by atoms with van der Waals surface area (Å²) >= 11 is 4.39. The maximum Gasteiger partial charge on any atom is 0.0714 e. The Labute approximate surface area is 102 Å². The molecule has 84 valence electrons. The second-order valence-corrected chi connectivity index (χ2v) is 8.40. The molecule has 2 bridgehead atoms. The normalized spacial score (nSPS) is 39.5. The molecule has 2 fully saturated rings. The highest BCUT2D eigenvalue weighted by molar-refractivity contribution is 8.17. The number of fused-ring (bicyclic) bond motifs is 1. The Morgan fingerprint density at radius 1 is 1.27 bits per heavy atom. The van der Waals surface area contributed by atoms with Gasteiger partial charge < -0.3 is 0 Å². The van der Waals surface area contributed by atoms with E-state index >= 15 is 0 Å². The van der Waals surface area contributed by atoms with Crippen LogP contribution in [0.15, 0.2) is 11.6 Å². The van der Waals surface area contributed by atoms with E-state index in [0.29, 0.717) is 5.41 Å². The summed E-state index contributed by atoms with van der Waals surface area (Å²) in [5, 5.41) is 0. The van der Waals surface area contributed by atoms with Crippen LogP contribution in [-0.4, -0.2) is 16.1 Å². The largest absolute Gasteiger partial charge is 0.143 e. The van der Waals surface area contributed by atoms with Gasteiger partial charge in [-0.05, 0) is 53.6 Å². The Hall–Kier alpha value is 0.440. The Kier molecular flexibility index (Phi) is 2.63. The van der Waals surface area contributed by atoms with Crippen LogP contribution in [0.5, 0.6) is 0 Å². The highest BCUT2D eigenvalue weighted by Crippen LogP contribution is 2.61. The molecule has 0 unspecified atom stereocenters. The molecule has 2 heteroatoms. The van der Waals surface area contributed by atoms with Gasteiger partial charge in [-0.1, -0.05) is 19.9 Å². The number of rotatable bonds is 1. The minimum absolute atomic E-state index is 0.614. The van der Waals surface area contributed by atoms with E-state index in [-0.39, 0.29) is 0 Å². The van der Waals surface area contributed by atoms with Crippen LogP contribution in [0.1, 0.15) is 33.1 Å². The van der Waals surface area contributed by atoms with E-state index in [1.165, 1.54) is 30.8 Å². The maximum atomic E-state index is 2.58. The van der Waals surface area contributed by atoms with Gasteiger partial charge in [-0.25, -0.2) is 0 Å². The van der Waals surface area contributed by atoms with Crippen LogP contribution in [0.25, 0.3) is 0 Å². The summed E-state index contributed by atoms with van der Waals surface area (Å²) in [4.78, 5) is 0. The molecule has 0 aromatic heterocycles. The molecule has 3 aliphatic carbocycles. The number of hydrogen-bond acceptors (Lipinski definition) is 2. The fourth-order valence-corrected chi connectivity index (χ4v) is 6.44. The van der Waals surface area contributed by atoms with Gasteiger partial charge in [-0.2, -0.15) is 0 Å². The van der Waals surface area contributed by atoms with Crippen LogP contribution in [0, 0.1) is 17.3 Å². The van der Waals surface area contributed by atoms with Crippen LogP contribution in [0.3, 0.4) is 0 Å². The zero-order chi connectivity index (χ0) is 10.5. The van der Waals surface area contributed by atoms with Gasteiger partial charge >= 0.3 is 0 Å². The average molecular weight is 240 g/mol. The zero-order valence-electron chi connectivity index (χ0n) is 9.66. The van der Waals surface area contributed by atoms with E-state index in [0.717, 1.165) is 16.4 Å². The molecular weight excluding hydrogens is 220 g/mol. The molecule has 0 nitrogen and oxygen atoms in total. The van der Waals surface area contributed by atoms with Crippen molar-refractivity contribution in [2.75, 3.05) is 11.5 Å². The van der Waals surface area contributed by atoms with Crippen LogP contribution >= 0.6 is 23.5 Å². The van der Waals surface area contributed by atoms with Crippen molar-refractivity contribution >= 4 is 23.5 Å². The Morgan fingerprint density at radius 2 is 2.00 bits per heavy atom. The highest BCUT2D eigenvalue weighted by atomic mass is 32.2. The summed E-state index contributed by atoms with van der Waals surface area (Å²) in [7, 11) is 0. The summed E-state index contributed by atoms with van der Waals surface area (Å²) in [5.74, 6) is 4.67. The summed E-state index contributed by atoms with van der Waals surface area (Å²) in [6, 6.07) is 0. The molecular formula is C13H20S2. The van der Waals surface area contributed by atoms with E-state index in [9.17, 15) is 0 Å². The maximum absolute atomic E-state index is 2.58. The first-order chi connectivity index (χ1) is 7.19. The van der Waals surface area contributed by atoms with Gasteiger partial charge in [0.15, 0.2) is 0 Å². The minimum Gasteiger partial charge on any atom is -0.143 e. The van der Waals surface area contributed by atoms with Crippen LogP contribution in [0.2, 0.25) is 0 Å². The standard InChI is InChI=1S/C13H20S2/c1-13(2)9-4-5-10(11(13)8-9)12-14-6-3-7-15-12/h5,9,11-12H,3-4,6-8H2,1-2H3/t9-,11-/m1/s1. The first-order valence-electron chi connectivity index (χ1n) is 6.13. The van der Waals surface area contributed by atoms with Crippen molar-refractivity contribution in [3.63, 3.8) is 0 Å². The highest BCUT2D eigenvalue weighted by Gasteiger charge is 2.52. The smallest absolute Gasteiger partial charge is 0.0714 e. The fourth-order valence-electron chi connectivity index (χ4n) is 3.34. The number of hydrogen-bond donors (Lipinski definition) is 0. The van der Waals surface area contributed by atoms with E-state index in [1.54, 1.807) is 5.57 Å². The van der Waals surface area contributed by atoms with Gasteiger partial charge in [-0.15, -0.1) is 23.5 Å². The molecule has 2 atom stereocenters. The molecule has 0 spiro atoms. The van der Waals surface area contributed by atoms with Gasteiger partial charge in [0.1, 0.15) is 0 Å². The van der Waals surface area contributed by atoms with Crippen molar-refractivity contribution in [2.24, 2.45) is 17.3 Å². The lowest BCUT2D eigenvalue weighted by atomic mass is 9.49. The first-order valence-corrected chi connectivity index (χ1v) is 8.22. The third kappa shape index (κ3) is 1.59. The van der Waals surface area contributed by atoms with Crippen molar-refractivity contribution in [1.82, 2.24) is 0 Å². The molecule has 1 saturated heterocycles. The lowest BCUT2D eigenvalue weighted by Crippen LogP contribution is -2.49. The second kappa shape index (κ2) is 3.73. The second-order valence-electron chi connectivity index (χ2n) is 5.67. The summed E-state index contributed by atoms with van der Waals surface area (Å²) in [5.41, 5.74) is 2.42. The predicted molar refractivity (Wildman–Crippen MR) is 71.4 cm³/mol. The van der Waals surface area contributed by atoms with Gasteiger partial charge in [-0.3, -0.25) is 0 Å². The predicted octanol–water partition coefficient (Wildman–Crippen LogP) is 4.18. The van der Waals surface area contributed by atoms with Gasteiger partial charge in [0.25, 0.3) is 0 Å². The molecule has 0 radical (unpaired) electrons. The Bertz CT molecular complexity index is 287. The van der Waals surface area contributed by atoms with E-state index in [2.05, 4.69) is 43.4 Å². The molecule has 1 aliphatic heterocycles. The fraction of sp³-hybridized carbons (Fsp3) is 0.846. The van der Waals surface area contributed by atoms with Crippen molar-refractivity contribution in [3.05, 3.63) is 11.6 Å². The summed E-state index contributed by atoms with van der Waals surface area (Å²) in [6.45, 7) is 4.97. The third-order valence-corrected chi connectivity index (χ3v) is 7.63. The average Bonchev–Trinajstić information content (AvgIpc) is 2.30. The summed E-state index contributed by atoms with van der Waals surface area (Å²) < 4.78 is 0.810. The Morgan fingerprint density at radius 3 is 2.60 bits per heavy atom. The molecule has 0 aromatic rings. The van der Waals surface area contributed by atoms with Gasteiger partial charge in [0, 0.05) is 0 Å². The number of allylic oxidation sites excluding steroid dienone is 1. The molecule has 4 rings (SSSR count). The molecule has 0 N–H and O–H groups in total. The van der Waals surface area contributed by atoms with Gasteiger partial charge in [0.2, 0.25) is 0 Å². The summed E-state index contributed by atoms with van der Waals surface area (Å²) in [6.07, 6.45) is 6.84. The zero-order valence-corrected chi connectivity index (χ0v) is 11.3. The quantitative estimate of drug-likeness (QED) is 0.631. The SMILES string of the molecule is CC1(C)[C@@H]2CC=C(C3SCCCS3)[C@H]1C2. The van der Waals surface area contributed by atoms with E-state index < -0.39 is 0 Å². The molecule has 1 saturated carbocycles. The third-order valence-electron chi connectivity index (χ3n) is 4.61. The lowest BCUT2D eigenvalue weighted by Gasteiger charge is -2.57. The molecule has 0 amide bonds. The van der Waals surface area contributed by atoms with Crippen LogP contribution in [0.4, 0.5) is 0 Å². The monoisotopic (exact) mass is 240 g/mol. The molecule has 0 aromatic carbocycles. The molecule has 1 heterocycles. The first kappa shape index (κ1) is 10.6. The van der Waals surface area contributed by atoms with Crippen molar-refractivity contribution in [1.29, 1.82) is 0 Å². The van der Waals surface area contributed by atoms with Crippen molar-refractivity contribution < 1.29 is 0 Å². The van der Waals surface area contributed by atoms with E-state index in [4.69, 9.17) is 0 Å². The van der Waals surface area contributed by atoms with Crippen molar-refractivity contribution in [2.45, 2.75) is 37.7 Å².